The average molecular weight is 272 g/mol. The van der Waals surface area contributed by atoms with Crippen LogP contribution in [0.3, 0.4) is 0 Å². The van der Waals surface area contributed by atoms with Gasteiger partial charge in [-0.1, -0.05) is 24.3 Å². The summed E-state index contributed by atoms with van der Waals surface area (Å²) in [6, 6.07) is 14.3. The largest absolute Gasteiger partial charge is 0.492 e. The van der Waals surface area contributed by atoms with Crippen LogP contribution in [0.5, 0.6) is 5.75 Å². The van der Waals surface area contributed by atoms with Gasteiger partial charge in [-0.2, -0.15) is 5.26 Å². The van der Waals surface area contributed by atoms with Crippen LogP contribution in [0.2, 0.25) is 0 Å². The molecule has 1 heterocycles. The van der Waals surface area contributed by atoms with E-state index >= 15 is 0 Å². The molecular weight excluding hydrogens is 258 g/mol. The molecule has 0 aromatic heterocycles. The second-order valence-corrected chi connectivity index (χ2v) is 4.54. The number of nitrogens with zero attached hydrogens (tertiary/aromatic N) is 1. The van der Waals surface area contributed by atoms with Crippen molar-refractivity contribution in [1.29, 1.82) is 5.26 Å². The van der Waals surface area contributed by atoms with Crippen LogP contribution in [-0.4, -0.2) is 6.61 Å². The van der Waals surface area contributed by atoms with Gasteiger partial charge in [0.25, 0.3) is 0 Å². The molecule has 19 heavy (non-hydrogen) atoms. The van der Waals surface area contributed by atoms with Gasteiger partial charge in [0.2, 0.25) is 0 Å². The van der Waals surface area contributed by atoms with Gasteiger partial charge in [-0.3, -0.25) is 0 Å². The van der Waals surface area contributed by atoms with Crippen LogP contribution in [0.4, 0.5) is 0 Å². The Morgan fingerprint density at radius 3 is 2.68 bits per heavy atom. The fraction of sp³-hybridized carbons (Fsp3) is 0.188. The van der Waals surface area contributed by atoms with E-state index in [-0.39, 0.29) is 12.4 Å². The van der Waals surface area contributed by atoms with Gasteiger partial charge >= 0.3 is 0 Å². The van der Waals surface area contributed by atoms with Crippen LogP contribution < -0.4 is 4.74 Å². The summed E-state index contributed by atoms with van der Waals surface area (Å²) in [6.45, 7) is 2.79. The molecule has 0 saturated carbocycles. The molecule has 0 spiro atoms. The second-order valence-electron chi connectivity index (χ2n) is 4.54. The molecule has 0 bridgehead atoms. The number of ether oxygens (including phenoxy) is 1. The molecular formula is C16H14ClNO. The lowest BCUT2D eigenvalue weighted by Crippen LogP contribution is -1.91. The molecule has 96 valence electrons. The van der Waals surface area contributed by atoms with E-state index in [1.165, 1.54) is 5.56 Å². The number of aryl methyl sites for hydroxylation is 1. The zero-order valence-corrected chi connectivity index (χ0v) is 11.5. The molecule has 2 aromatic carbocycles. The van der Waals surface area contributed by atoms with E-state index in [2.05, 4.69) is 25.1 Å². The Morgan fingerprint density at radius 2 is 1.95 bits per heavy atom. The molecule has 0 amide bonds. The van der Waals surface area contributed by atoms with Crippen LogP contribution in [-0.2, 0) is 6.42 Å². The van der Waals surface area contributed by atoms with Gasteiger partial charge in [0.15, 0.2) is 0 Å². The van der Waals surface area contributed by atoms with Gasteiger partial charge in [0.05, 0.1) is 18.2 Å². The predicted molar refractivity (Wildman–Crippen MR) is 77.8 cm³/mol. The monoisotopic (exact) mass is 271 g/mol. The molecule has 2 aromatic rings. The van der Waals surface area contributed by atoms with Crippen molar-refractivity contribution in [2.45, 2.75) is 13.3 Å². The van der Waals surface area contributed by atoms with Crippen LogP contribution in [0, 0.1) is 18.3 Å². The van der Waals surface area contributed by atoms with E-state index in [1.807, 2.05) is 24.3 Å². The quantitative estimate of drug-likeness (QED) is 0.788. The minimum atomic E-state index is 0. The summed E-state index contributed by atoms with van der Waals surface area (Å²) in [5.74, 6) is 0.948. The van der Waals surface area contributed by atoms with Crippen molar-refractivity contribution < 1.29 is 4.74 Å². The first-order valence-corrected chi connectivity index (χ1v) is 6.05. The van der Waals surface area contributed by atoms with Gasteiger partial charge in [-0.15, -0.1) is 12.4 Å². The van der Waals surface area contributed by atoms with Crippen molar-refractivity contribution in [2.24, 2.45) is 0 Å². The zero-order chi connectivity index (χ0) is 12.5. The molecule has 3 heteroatoms. The molecule has 0 fully saturated rings. The fourth-order valence-electron chi connectivity index (χ4n) is 2.45. The highest BCUT2D eigenvalue weighted by molar-refractivity contribution is 5.85. The van der Waals surface area contributed by atoms with Crippen LogP contribution in [0.1, 0.15) is 16.7 Å². The summed E-state index contributed by atoms with van der Waals surface area (Å²) < 4.78 is 5.73. The molecule has 3 rings (SSSR count). The average Bonchev–Trinajstić information content (AvgIpc) is 2.86. The molecule has 0 aliphatic carbocycles. The molecule has 0 N–H and O–H groups in total. The Hall–Kier alpha value is -1.98. The minimum absolute atomic E-state index is 0. The Bertz CT molecular complexity index is 658. The maximum absolute atomic E-state index is 9.12. The lowest BCUT2D eigenvalue weighted by Gasteiger charge is -2.11. The first-order valence-electron chi connectivity index (χ1n) is 6.05. The number of benzene rings is 2. The molecule has 1 aliphatic rings. The third-order valence-electron chi connectivity index (χ3n) is 3.35. The molecule has 1 aliphatic heterocycles. The van der Waals surface area contributed by atoms with Crippen molar-refractivity contribution in [3.05, 3.63) is 53.1 Å². The molecule has 0 saturated heterocycles. The Kier molecular flexibility index (Phi) is 3.78. The maximum atomic E-state index is 9.12. The zero-order valence-electron chi connectivity index (χ0n) is 10.6. The first-order chi connectivity index (χ1) is 8.79. The predicted octanol–water partition coefficient (Wildman–Crippen LogP) is 3.89. The summed E-state index contributed by atoms with van der Waals surface area (Å²) in [6.07, 6.45) is 0.893. The van der Waals surface area contributed by atoms with Gasteiger partial charge in [-0.05, 0) is 35.7 Å². The number of halogens is 1. The molecule has 0 atom stereocenters. The molecule has 0 unspecified atom stereocenters. The topological polar surface area (TPSA) is 33.0 Å². The van der Waals surface area contributed by atoms with Gasteiger partial charge in [0.1, 0.15) is 5.75 Å². The van der Waals surface area contributed by atoms with E-state index < -0.39 is 0 Å². The van der Waals surface area contributed by atoms with Crippen molar-refractivity contribution in [3.63, 3.8) is 0 Å². The number of hydrogen-bond donors (Lipinski definition) is 0. The molecule has 2 nitrogen and oxygen atoms in total. The number of fused-ring (bicyclic) bond motifs is 1. The van der Waals surface area contributed by atoms with E-state index in [0.717, 1.165) is 28.9 Å². The summed E-state index contributed by atoms with van der Waals surface area (Å²) >= 11 is 0. The Balaban J connectivity index is 0.00000133. The maximum Gasteiger partial charge on any atom is 0.130 e. The summed E-state index contributed by atoms with van der Waals surface area (Å²) in [4.78, 5) is 0. The Morgan fingerprint density at radius 1 is 1.16 bits per heavy atom. The fourth-order valence-corrected chi connectivity index (χ4v) is 2.45. The third-order valence-corrected chi connectivity index (χ3v) is 3.35. The highest BCUT2D eigenvalue weighted by atomic mass is 35.5. The number of nitriles is 1. The van der Waals surface area contributed by atoms with Crippen molar-refractivity contribution in [2.75, 3.05) is 6.61 Å². The summed E-state index contributed by atoms with van der Waals surface area (Å²) in [5.41, 5.74) is 5.24. The normalized spacial score (nSPS) is 12.0. The van der Waals surface area contributed by atoms with Crippen molar-refractivity contribution in [1.82, 2.24) is 0 Å². The SMILES string of the molecule is Cc1ccccc1-c1cc(C#N)cc2c1OCC2.Cl. The third kappa shape index (κ3) is 2.30. The summed E-state index contributed by atoms with van der Waals surface area (Å²) in [7, 11) is 0. The van der Waals surface area contributed by atoms with Gasteiger partial charge in [0, 0.05) is 12.0 Å². The van der Waals surface area contributed by atoms with Crippen LogP contribution >= 0.6 is 12.4 Å². The molecule has 0 radical (unpaired) electrons. The summed E-state index contributed by atoms with van der Waals surface area (Å²) in [5, 5.41) is 9.12. The minimum Gasteiger partial charge on any atom is -0.492 e. The highest BCUT2D eigenvalue weighted by Crippen LogP contribution is 2.39. The van der Waals surface area contributed by atoms with E-state index in [1.54, 1.807) is 0 Å². The lowest BCUT2D eigenvalue weighted by atomic mass is 9.95. The van der Waals surface area contributed by atoms with Gasteiger partial charge < -0.3 is 4.74 Å². The van der Waals surface area contributed by atoms with Crippen molar-refractivity contribution in [3.8, 4) is 22.9 Å². The standard InChI is InChI=1S/C16H13NO.ClH/c1-11-4-2-3-5-14(11)15-9-12(10-17)8-13-6-7-18-16(13)15;/h2-5,8-9H,6-7H2,1H3;1H. The second kappa shape index (κ2) is 5.34. The van der Waals surface area contributed by atoms with Crippen LogP contribution in [0.15, 0.2) is 36.4 Å². The van der Waals surface area contributed by atoms with Crippen LogP contribution in [0.25, 0.3) is 11.1 Å². The van der Waals surface area contributed by atoms with E-state index in [0.29, 0.717) is 12.2 Å². The first kappa shape index (κ1) is 13.5. The van der Waals surface area contributed by atoms with E-state index in [4.69, 9.17) is 10.00 Å². The van der Waals surface area contributed by atoms with E-state index in [9.17, 15) is 0 Å². The lowest BCUT2D eigenvalue weighted by molar-refractivity contribution is 0.358. The Labute approximate surface area is 119 Å². The number of rotatable bonds is 1. The highest BCUT2D eigenvalue weighted by Gasteiger charge is 2.19. The smallest absolute Gasteiger partial charge is 0.130 e. The van der Waals surface area contributed by atoms with Crippen molar-refractivity contribution >= 4 is 12.4 Å². The number of hydrogen-bond acceptors (Lipinski definition) is 2. The van der Waals surface area contributed by atoms with Gasteiger partial charge in [-0.25, -0.2) is 0 Å².